The van der Waals surface area contributed by atoms with E-state index in [2.05, 4.69) is 5.32 Å². The van der Waals surface area contributed by atoms with E-state index >= 15 is 0 Å². The maximum absolute atomic E-state index is 11.5. The van der Waals surface area contributed by atoms with Crippen molar-refractivity contribution in [2.45, 2.75) is 12.2 Å². The van der Waals surface area contributed by atoms with E-state index in [0.717, 1.165) is 5.69 Å². The van der Waals surface area contributed by atoms with Gasteiger partial charge in [-0.2, -0.15) is 17.0 Å². The molecule has 0 bridgehead atoms. The first-order valence-electron chi connectivity index (χ1n) is 4.51. The SMILES string of the molecule is CSC(C)C(=O)Nc1ccc(C#N)cc1. The van der Waals surface area contributed by atoms with E-state index in [1.54, 1.807) is 24.3 Å². The van der Waals surface area contributed by atoms with Gasteiger partial charge >= 0.3 is 0 Å². The first-order valence-corrected chi connectivity index (χ1v) is 5.80. The molecule has 0 fully saturated rings. The lowest BCUT2D eigenvalue weighted by molar-refractivity contribution is -0.115. The smallest absolute Gasteiger partial charge is 0.237 e. The average molecular weight is 220 g/mol. The summed E-state index contributed by atoms with van der Waals surface area (Å²) in [6.45, 7) is 1.85. The number of hydrogen-bond donors (Lipinski definition) is 1. The summed E-state index contributed by atoms with van der Waals surface area (Å²) in [6.07, 6.45) is 1.89. The van der Waals surface area contributed by atoms with Crippen molar-refractivity contribution in [2.24, 2.45) is 0 Å². The molecule has 15 heavy (non-hydrogen) atoms. The quantitative estimate of drug-likeness (QED) is 0.850. The second-order valence-electron chi connectivity index (χ2n) is 3.06. The second kappa shape index (κ2) is 5.42. The Bertz CT molecular complexity index is 381. The highest BCUT2D eigenvalue weighted by molar-refractivity contribution is 7.99. The summed E-state index contributed by atoms with van der Waals surface area (Å²) < 4.78 is 0. The third kappa shape index (κ3) is 3.30. The molecule has 0 heterocycles. The molecule has 1 unspecified atom stereocenters. The van der Waals surface area contributed by atoms with E-state index in [4.69, 9.17) is 5.26 Å². The number of carbonyl (C=O) groups excluding carboxylic acids is 1. The van der Waals surface area contributed by atoms with Gasteiger partial charge in [0.05, 0.1) is 16.9 Å². The van der Waals surface area contributed by atoms with E-state index < -0.39 is 0 Å². The zero-order valence-corrected chi connectivity index (χ0v) is 9.47. The van der Waals surface area contributed by atoms with Crippen molar-refractivity contribution in [3.05, 3.63) is 29.8 Å². The van der Waals surface area contributed by atoms with Gasteiger partial charge in [0.2, 0.25) is 5.91 Å². The van der Waals surface area contributed by atoms with Crippen molar-refractivity contribution in [1.29, 1.82) is 5.26 Å². The summed E-state index contributed by atoms with van der Waals surface area (Å²) in [6, 6.07) is 8.84. The molecular weight excluding hydrogens is 208 g/mol. The maximum atomic E-state index is 11.5. The minimum Gasteiger partial charge on any atom is -0.325 e. The van der Waals surface area contributed by atoms with Crippen LogP contribution in [0.2, 0.25) is 0 Å². The Morgan fingerprint density at radius 1 is 1.47 bits per heavy atom. The Morgan fingerprint density at radius 3 is 2.53 bits per heavy atom. The van der Waals surface area contributed by atoms with Gasteiger partial charge in [-0.25, -0.2) is 0 Å². The Kier molecular flexibility index (Phi) is 4.19. The molecule has 4 heteroatoms. The number of rotatable bonds is 3. The molecule has 0 aliphatic rings. The van der Waals surface area contributed by atoms with Crippen LogP contribution < -0.4 is 5.32 Å². The highest BCUT2D eigenvalue weighted by Gasteiger charge is 2.10. The van der Waals surface area contributed by atoms with Crippen molar-refractivity contribution >= 4 is 23.4 Å². The molecule has 0 saturated heterocycles. The van der Waals surface area contributed by atoms with Crippen molar-refractivity contribution in [1.82, 2.24) is 0 Å². The largest absolute Gasteiger partial charge is 0.325 e. The van der Waals surface area contributed by atoms with Gasteiger partial charge in [-0.1, -0.05) is 0 Å². The van der Waals surface area contributed by atoms with Crippen LogP contribution in [0, 0.1) is 11.3 Å². The fourth-order valence-corrected chi connectivity index (χ4v) is 1.25. The van der Waals surface area contributed by atoms with Crippen LogP contribution in [0.5, 0.6) is 0 Å². The number of benzene rings is 1. The maximum Gasteiger partial charge on any atom is 0.237 e. The fourth-order valence-electron chi connectivity index (χ4n) is 0.979. The predicted octanol–water partition coefficient (Wildman–Crippen LogP) is 2.25. The molecule has 1 aromatic carbocycles. The van der Waals surface area contributed by atoms with E-state index in [1.165, 1.54) is 11.8 Å². The van der Waals surface area contributed by atoms with Gasteiger partial charge < -0.3 is 5.32 Å². The van der Waals surface area contributed by atoms with Gasteiger partial charge in [-0.05, 0) is 37.4 Å². The molecule has 0 radical (unpaired) electrons. The Hall–Kier alpha value is -1.47. The molecule has 78 valence electrons. The molecule has 0 aliphatic carbocycles. The average Bonchev–Trinajstić information content (AvgIpc) is 2.29. The van der Waals surface area contributed by atoms with Gasteiger partial charge in [0.1, 0.15) is 0 Å². The molecule has 0 aliphatic heterocycles. The fraction of sp³-hybridized carbons (Fsp3) is 0.273. The highest BCUT2D eigenvalue weighted by Crippen LogP contribution is 2.12. The van der Waals surface area contributed by atoms with E-state index in [-0.39, 0.29) is 11.2 Å². The van der Waals surface area contributed by atoms with Crippen LogP contribution in [-0.2, 0) is 4.79 Å². The zero-order valence-electron chi connectivity index (χ0n) is 8.65. The molecule has 0 spiro atoms. The van der Waals surface area contributed by atoms with Crippen molar-refractivity contribution in [3.8, 4) is 6.07 Å². The molecule has 0 saturated carbocycles. The van der Waals surface area contributed by atoms with Crippen molar-refractivity contribution in [2.75, 3.05) is 11.6 Å². The van der Waals surface area contributed by atoms with Crippen LogP contribution in [-0.4, -0.2) is 17.4 Å². The van der Waals surface area contributed by atoms with E-state index in [0.29, 0.717) is 5.56 Å². The number of anilines is 1. The molecular formula is C11H12N2OS. The van der Waals surface area contributed by atoms with Crippen LogP contribution in [0.3, 0.4) is 0 Å². The summed E-state index contributed by atoms with van der Waals surface area (Å²) >= 11 is 1.50. The molecule has 3 nitrogen and oxygen atoms in total. The van der Waals surface area contributed by atoms with E-state index in [1.807, 2.05) is 19.2 Å². The number of hydrogen-bond acceptors (Lipinski definition) is 3. The van der Waals surface area contributed by atoms with Crippen LogP contribution in [0.25, 0.3) is 0 Å². The van der Waals surface area contributed by atoms with Crippen LogP contribution in [0.1, 0.15) is 12.5 Å². The van der Waals surface area contributed by atoms with Crippen LogP contribution in [0.15, 0.2) is 24.3 Å². The lowest BCUT2D eigenvalue weighted by atomic mass is 10.2. The van der Waals surface area contributed by atoms with Crippen LogP contribution in [0.4, 0.5) is 5.69 Å². The molecule has 0 aromatic heterocycles. The highest BCUT2D eigenvalue weighted by atomic mass is 32.2. The topological polar surface area (TPSA) is 52.9 Å². The Morgan fingerprint density at radius 2 is 2.07 bits per heavy atom. The third-order valence-corrected chi connectivity index (χ3v) is 2.93. The van der Waals surface area contributed by atoms with Gasteiger partial charge in [-0.15, -0.1) is 0 Å². The monoisotopic (exact) mass is 220 g/mol. The van der Waals surface area contributed by atoms with Gasteiger partial charge in [0, 0.05) is 5.69 Å². The lowest BCUT2D eigenvalue weighted by Crippen LogP contribution is -2.21. The first kappa shape index (κ1) is 11.6. The van der Waals surface area contributed by atoms with Crippen molar-refractivity contribution in [3.63, 3.8) is 0 Å². The van der Waals surface area contributed by atoms with Gasteiger partial charge in [0.15, 0.2) is 0 Å². The van der Waals surface area contributed by atoms with Gasteiger partial charge in [-0.3, -0.25) is 4.79 Å². The second-order valence-corrected chi connectivity index (χ2v) is 4.23. The number of nitrogens with zero attached hydrogens (tertiary/aromatic N) is 1. The van der Waals surface area contributed by atoms with E-state index in [9.17, 15) is 4.79 Å². The number of amides is 1. The minimum absolute atomic E-state index is 0.0211. The summed E-state index contributed by atoms with van der Waals surface area (Å²) in [5.74, 6) is -0.0211. The predicted molar refractivity (Wildman–Crippen MR) is 62.8 cm³/mol. The molecule has 1 aromatic rings. The minimum atomic E-state index is -0.0688. The number of thioether (sulfide) groups is 1. The first-order chi connectivity index (χ1) is 7.17. The normalized spacial score (nSPS) is 11.5. The lowest BCUT2D eigenvalue weighted by Gasteiger charge is -2.09. The van der Waals surface area contributed by atoms with Gasteiger partial charge in [0.25, 0.3) is 0 Å². The Labute approximate surface area is 93.5 Å². The standard InChI is InChI=1S/C11H12N2OS/c1-8(15-2)11(14)13-10-5-3-9(7-12)4-6-10/h3-6,8H,1-2H3,(H,13,14). The van der Waals surface area contributed by atoms with Crippen LogP contribution >= 0.6 is 11.8 Å². The Balaban J connectivity index is 2.66. The molecule has 1 rings (SSSR count). The number of nitrogens with one attached hydrogen (secondary N) is 1. The summed E-state index contributed by atoms with van der Waals surface area (Å²) in [4.78, 5) is 11.5. The summed E-state index contributed by atoms with van der Waals surface area (Å²) in [5, 5.41) is 11.3. The van der Waals surface area contributed by atoms with Crippen molar-refractivity contribution < 1.29 is 4.79 Å². The summed E-state index contributed by atoms with van der Waals surface area (Å²) in [5.41, 5.74) is 1.31. The molecule has 1 amide bonds. The third-order valence-electron chi connectivity index (χ3n) is 2.00. The zero-order chi connectivity index (χ0) is 11.3. The molecule has 1 atom stereocenters. The number of carbonyl (C=O) groups is 1. The molecule has 1 N–H and O–H groups in total. The number of nitriles is 1. The summed E-state index contributed by atoms with van der Waals surface area (Å²) in [7, 11) is 0.